The number of carboxylic acid groups (broad SMARTS) is 1. The molecule has 1 N–H and O–H groups in total. The van der Waals surface area contributed by atoms with Crippen molar-refractivity contribution in [3.05, 3.63) is 28.3 Å². The molecule has 0 bridgehead atoms. The summed E-state index contributed by atoms with van der Waals surface area (Å²) in [5.74, 6) is -0.831. The van der Waals surface area contributed by atoms with E-state index >= 15 is 0 Å². The number of benzene rings is 1. The lowest BCUT2D eigenvalue weighted by molar-refractivity contribution is -0.135. The third-order valence-corrected chi connectivity index (χ3v) is 3.11. The molecule has 4 heteroatoms. The Hall–Kier alpha value is -1.22. The normalized spacial score (nSPS) is 10.4. The average Bonchev–Trinajstić information content (AvgIpc) is 2.23. The van der Waals surface area contributed by atoms with Crippen LogP contribution in [0.15, 0.2) is 12.1 Å². The van der Waals surface area contributed by atoms with Crippen molar-refractivity contribution in [2.45, 2.75) is 33.6 Å². The molecule has 0 aliphatic heterocycles. The third-order valence-electron chi connectivity index (χ3n) is 2.82. The van der Waals surface area contributed by atoms with Crippen molar-refractivity contribution in [2.75, 3.05) is 18.0 Å². The Morgan fingerprint density at radius 3 is 2.56 bits per heavy atom. The number of aryl methyl sites for hydroxylation is 2. The van der Waals surface area contributed by atoms with Crippen molar-refractivity contribution in [3.8, 4) is 0 Å². The number of carboxylic acids is 1. The summed E-state index contributed by atoms with van der Waals surface area (Å²) in [6, 6.07) is 3.91. The number of halogens is 1. The molecule has 0 fully saturated rings. The lowest BCUT2D eigenvalue weighted by atomic mass is 10.1. The zero-order valence-electron chi connectivity index (χ0n) is 11.2. The van der Waals surface area contributed by atoms with Crippen molar-refractivity contribution in [3.63, 3.8) is 0 Å². The first kappa shape index (κ1) is 14.8. The lowest BCUT2D eigenvalue weighted by Crippen LogP contribution is -2.31. The summed E-state index contributed by atoms with van der Waals surface area (Å²) in [5, 5.41) is 9.63. The van der Waals surface area contributed by atoms with Crippen LogP contribution in [0, 0.1) is 13.8 Å². The molecule has 0 saturated heterocycles. The SMILES string of the molecule is CCCCN(CC(=O)O)c1c(C)cc(C)cc1Cl. The summed E-state index contributed by atoms with van der Waals surface area (Å²) < 4.78 is 0. The van der Waals surface area contributed by atoms with E-state index < -0.39 is 5.97 Å². The predicted octanol–water partition coefficient (Wildman–Crippen LogP) is 3.65. The smallest absolute Gasteiger partial charge is 0.323 e. The van der Waals surface area contributed by atoms with Gasteiger partial charge in [-0.3, -0.25) is 4.79 Å². The molecule has 3 nitrogen and oxygen atoms in total. The number of unbranched alkanes of at least 4 members (excludes halogenated alkanes) is 1. The molecule has 0 aliphatic carbocycles. The minimum atomic E-state index is -0.831. The van der Waals surface area contributed by atoms with E-state index in [1.54, 1.807) is 0 Å². The van der Waals surface area contributed by atoms with Crippen LogP contribution in [-0.2, 0) is 4.79 Å². The minimum absolute atomic E-state index is 0.0103. The maximum atomic E-state index is 11.0. The van der Waals surface area contributed by atoms with E-state index in [0.29, 0.717) is 11.6 Å². The second-order valence-electron chi connectivity index (χ2n) is 4.58. The number of hydrogen-bond acceptors (Lipinski definition) is 2. The molecule has 1 aromatic rings. The Morgan fingerprint density at radius 2 is 2.06 bits per heavy atom. The van der Waals surface area contributed by atoms with Crippen LogP contribution in [0.4, 0.5) is 5.69 Å². The van der Waals surface area contributed by atoms with Gasteiger partial charge in [0.25, 0.3) is 0 Å². The van der Waals surface area contributed by atoms with Gasteiger partial charge in [-0.05, 0) is 37.5 Å². The maximum absolute atomic E-state index is 11.0. The maximum Gasteiger partial charge on any atom is 0.323 e. The fourth-order valence-electron chi connectivity index (χ4n) is 2.09. The Bertz CT molecular complexity index is 409. The number of aliphatic carboxylic acids is 1. The van der Waals surface area contributed by atoms with Gasteiger partial charge in [0.2, 0.25) is 0 Å². The van der Waals surface area contributed by atoms with Gasteiger partial charge in [0.1, 0.15) is 6.54 Å². The molecular formula is C14H20ClNO2. The van der Waals surface area contributed by atoms with E-state index in [-0.39, 0.29) is 6.54 Å². The molecule has 1 aromatic carbocycles. The Balaban J connectivity index is 3.07. The molecular weight excluding hydrogens is 250 g/mol. The highest BCUT2D eigenvalue weighted by molar-refractivity contribution is 6.33. The zero-order chi connectivity index (χ0) is 13.7. The van der Waals surface area contributed by atoms with Crippen molar-refractivity contribution in [1.29, 1.82) is 0 Å². The Labute approximate surface area is 113 Å². The summed E-state index contributed by atoms with van der Waals surface area (Å²) >= 11 is 6.26. The quantitative estimate of drug-likeness (QED) is 0.857. The standard InChI is InChI=1S/C14H20ClNO2/c1-4-5-6-16(9-13(17)18)14-11(3)7-10(2)8-12(14)15/h7-8H,4-6,9H2,1-3H3,(H,17,18). The van der Waals surface area contributed by atoms with E-state index in [1.807, 2.05) is 30.9 Å². The van der Waals surface area contributed by atoms with Crippen molar-refractivity contribution < 1.29 is 9.90 Å². The van der Waals surface area contributed by atoms with Crippen LogP contribution in [0.1, 0.15) is 30.9 Å². The molecule has 0 amide bonds. The van der Waals surface area contributed by atoms with Gasteiger partial charge in [0.05, 0.1) is 10.7 Å². The van der Waals surface area contributed by atoms with Crippen molar-refractivity contribution >= 4 is 23.3 Å². The molecule has 0 heterocycles. The van der Waals surface area contributed by atoms with Crippen LogP contribution in [0.5, 0.6) is 0 Å². The van der Waals surface area contributed by atoms with Crippen LogP contribution in [0.25, 0.3) is 0 Å². The molecule has 0 saturated carbocycles. The zero-order valence-corrected chi connectivity index (χ0v) is 11.9. The van der Waals surface area contributed by atoms with Gasteiger partial charge < -0.3 is 10.0 Å². The number of anilines is 1. The fraction of sp³-hybridized carbons (Fsp3) is 0.500. The molecule has 0 spiro atoms. The first-order chi connectivity index (χ1) is 8.45. The first-order valence-electron chi connectivity index (χ1n) is 6.19. The average molecular weight is 270 g/mol. The van der Waals surface area contributed by atoms with Crippen LogP contribution in [-0.4, -0.2) is 24.2 Å². The van der Waals surface area contributed by atoms with Crippen molar-refractivity contribution in [1.82, 2.24) is 0 Å². The van der Waals surface area contributed by atoms with Crippen LogP contribution < -0.4 is 4.90 Å². The number of carbonyl (C=O) groups is 1. The monoisotopic (exact) mass is 269 g/mol. The first-order valence-corrected chi connectivity index (χ1v) is 6.57. The van der Waals surface area contributed by atoms with Gasteiger partial charge in [-0.15, -0.1) is 0 Å². The van der Waals surface area contributed by atoms with Crippen molar-refractivity contribution in [2.24, 2.45) is 0 Å². The summed E-state index contributed by atoms with van der Waals surface area (Å²) in [6.07, 6.45) is 1.98. The third kappa shape index (κ3) is 3.91. The highest BCUT2D eigenvalue weighted by atomic mass is 35.5. The van der Waals surface area contributed by atoms with Crippen LogP contribution in [0.2, 0.25) is 5.02 Å². The number of hydrogen-bond donors (Lipinski definition) is 1. The lowest BCUT2D eigenvalue weighted by Gasteiger charge is -2.26. The van der Waals surface area contributed by atoms with Gasteiger partial charge in [0, 0.05) is 6.54 Å². The predicted molar refractivity (Wildman–Crippen MR) is 75.7 cm³/mol. The summed E-state index contributed by atoms with van der Waals surface area (Å²) in [4.78, 5) is 12.8. The molecule has 0 atom stereocenters. The van der Waals surface area contributed by atoms with E-state index in [9.17, 15) is 4.79 Å². The van der Waals surface area contributed by atoms with Gasteiger partial charge in [-0.25, -0.2) is 0 Å². The highest BCUT2D eigenvalue weighted by Gasteiger charge is 2.16. The molecule has 0 radical (unpaired) electrons. The Kier molecular flexibility index (Phi) is 5.48. The van der Waals surface area contributed by atoms with Gasteiger partial charge in [0.15, 0.2) is 0 Å². The second kappa shape index (κ2) is 6.64. The topological polar surface area (TPSA) is 40.5 Å². The van der Waals surface area contributed by atoms with Crippen LogP contribution >= 0.6 is 11.6 Å². The number of nitrogens with zero attached hydrogens (tertiary/aromatic N) is 1. The van der Waals surface area contributed by atoms with E-state index in [4.69, 9.17) is 16.7 Å². The number of rotatable bonds is 6. The second-order valence-corrected chi connectivity index (χ2v) is 4.99. The van der Waals surface area contributed by atoms with Gasteiger partial charge in [-0.2, -0.15) is 0 Å². The van der Waals surface area contributed by atoms with E-state index in [1.165, 1.54) is 0 Å². The molecule has 18 heavy (non-hydrogen) atoms. The molecule has 1 rings (SSSR count). The largest absolute Gasteiger partial charge is 0.480 e. The summed E-state index contributed by atoms with van der Waals surface area (Å²) in [5.41, 5.74) is 2.96. The molecule has 0 unspecified atom stereocenters. The van der Waals surface area contributed by atoms with Crippen LogP contribution in [0.3, 0.4) is 0 Å². The summed E-state index contributed by atoms with van der Waals surface area (Å²) in [7, 11) is 0. The van der Waals surface area contributed by atoms with E-state index in [2.05, 4.69) is 6.92 Å². The highest BCUT2D eigenvalue weighted by Crippen LogP contribution is 2.31. The molecule has 100 valence electrons. The Morgan fingerprint density at radius 1 is 1.39 bits per heavy atom. The molecule has 0 aromatic heterocycles. The van der Waals surface area contributed by atoms with Gasteiger partial charge in [-0.1, -0.05) is 31.0 Å². The minimum Gasteiger partial charge on any atom is -0.480 e. The fourth-order valence-corrected chi connectivity index (χ4v) is 2.53. The van der Waals surface area contributed by atoms with Gasteiger partial charge >= 0.3 is 5.97 Å². The summed E-state index contributed by atoms with van der Waals surface area (Å²) in [6.45, 7) is 6.74. The van der Waals surface area contributed by atoms with E-state index in [0.717, 1.165) is 29.7 Å². The molecule has 0 aliphatic rings.